The van der Waals surface area contributed by atoms with Crippen LogP contribution in [0, 0.1) is 0 Å². The number of aromatic nitrogens is 6. The van der Waals surface area contributed by atoms with Gasteiger partial charge in [-0.3, -0.25) is 0 Å². The molecule has 6 N–H and O–H groups in total. The quantitative estimate of drug-likeness (QED) is 0.262. The number of nitrogens with two attached hydrogens (primary N) is 2. The summed E-state index contributed by atoms with van der Waals surface area (Å²) in [7, 11) is 0. The van der Waals surface area contributed by atoms with E-state index in [-0.39, 0.29) is 0 Å². The smallest absolute Gasteiger partial charge is 0.152 e. The Labute approximate surface area is 183 Å². The average molecular weight is 443 g/mol. The monoisotopic (exact) mass is 442 g/mol. The molecule has 0 aromatic carbocycles. The zero-order valence-electron chi connectivity index (χ0n) is 16.7. The van der Waals surface area contributed by atoms with E-state index in [1.165, 1.54) is 0 Å². The van der Waals surface area contributed by atoms with E-state index < -0.39 is 0 Å². The maximum Gasteiger partial charge on any atom is 0.152 e. The van der Waals surface area contributed by atoms with Crippen LogP contribution in [0.2, 0.25) is 0 Å². The van der Waals surface area contributed by atoms with Crippen LogP contribution in [0.15, 0.2) is 24.8 Å². The zero-order valence-corrected chi connectivity index (χ0v) is 18.4. The van der Waals surface area contributed by atoms with Gasteiger partial charge in [-0.2, -0.15) is 0 Å². The Morgan fingerprint density at radius 3 is 1.53 bits per heavy atom. The molecule has 0 saturated heterocycles. The van der Waals surface area contributed by atoms with Crippen molar-refractivity contribution in [2.45, 2.75) is 38.5 Å². The molecule has 8 nitrogen and oxygen atoms in total. The SMILES string of the molecule is NCCCCc1ncc(-c2cnc(-c3ncc(-c4cnc(CCCCN)[nH]4)s3)s2)[nH]1. The molecular formula is C20H26N8S2. The van der Waals surface area contributed by atoms with E-state index in [0.29, 0.717) is 0 Å². The summed E-state index contributed by atoms with van der Waals surface area (Å²) in [5.74, 6) is 1.98. The van der Waals surface area contributed by atoms with Gasteiger partial charge in [-0.05, 0) is 38.8 Å². The first kappa shape index (κ1) is 20.9. The maximum absolute atomic E-state index is 5.56. The van der Waals surface area contributed by atoms with Crippen LogP contribution < -0.4 is 11.5 Å². The first-order chi connectivity index (χ1) is 14.8. The topological polar surface area (TPSA) is 135 Å². The number of aryl methyl sites for hydroxylation is 2. The van der Waals surface area contributed by atoms with Crippen LogP contribution in [0.3, 0.4) is 0 Å². The van der Waals surface area contributed by atoms with E-state index in [1.807, 2.05) is 24.8 Å². The van der Waals surface area contributed by atoms with Crippen molar-refractivity contribution in [3.63, 3.8) is 0 Å². The minimum atomic E-state index is 0.718. The minimum Gasteiger partial charge on any atom is -0.341 e. The number of H-pyrrole nitrogens is 2. The number of aromatic amines is 2. The van der Waals surface area contributed by atoms with Gasteiger partial charge in [0.05, 0.1) is 33.5 Å². The standard InChI is InChI=1S/C20H26N8S2/c21-7-3-1-5-17-23-9-13(27-17)15-11-25-19(29-15)20-26-12-16(30-20)14-10-24-18(28-14)6-2-4-8-22/h9-12H,1-8,21-22H2,(H,23,27)(H,24,28). The van der Waals surface area contributed by atoms with Crippen LogP contribution >= 0.6 is 22.7 Å². The number of nitrogens with zero attached hydrogens (tertiary/aromatic N) is 4. The van der Waals surface area contributed by atoms with Gasteiger partial charge in [0.1, 0.15) is 11.6 Å². The average Bonchev–Trinajstić information content (AvgIpc) is 3.53. The molecule has 0 radical (unpaired) electrons. The van der Waals surface area contributed by atoms with Crippen LogP contribution in [0.25, 0.3) is 31.2 Å². The summed E-state index contributed by atoms with van der Waals surface area (Å²) in [6, 6.07) is 0. The van der Waals surface area contributed by atoms with E-state index in [2.05, 4.69) is 29.9 Å². The van der Waals surface area contributed by atoms with Gasteiger partial charge in [0.15, 0.2) is 10.0 Å². The molecule has 10 heteroatoms. The third-order valence-electron chi connectivity index (χ3n) is 4.72. The van der Waals surface area contributed by atoms with Crippen LogP contribution in [0.4, 0.5) is 0 Å². The maximum atomic E-state index is 5.56. The van der Waals surface area contributed by atoms with E-state index in [4.69, 9.17) is 11.5 Å². The number of nitrogens with one attached hydrogen (secondary N) is 2. The third kappa shape index (κ3) is 5.01. The summed E-state index contributed by atoms with van der Waals surface area (Å²) < 4.78 is 0. The van der Waals surface area contributed by atoms with Gasteiger partial charge in [-0.25, -0.2) is 19.9 Å². The second kappa shape index (κ2) is 10.1. The van der Waals surface area contributed by atoms with Crippen LogP contribution in [0.1, 0.15) is 37.3 Å². The molecule has 0 bridgehead atoms. The van der Waals surface area contributed by atoms with Gasteiger partial charge in [-0.1, -0.05) is 0 Å². The fraction of sp³-hybridized carbons (Fsp3) is 0.400. The molecule has 4 rings (SSSR count). The summed E-state index contributed by atoms with van der Waals surface area (Å²) in [4.78, 5) is 27.0. The van der Waals surface area contributed by atoms with Gasteiger partial charge in [0.2, 0.25) is 0 Å². The highest BCUT2D eigenvalue weighted by molar-refractivity contribution is 7.24. The normalized spacial score (nSPS) is 11.4. The van der Waals surface area contributed by atoms with Gasteiger partial charge in [-0.15, -0.1) is 22.7 Å². The molecule has 0 aliphatic carbocycles. The van der Waals surface area contributed by atoms with E-state index in [1.54, 1.807) is 22.7 Å². The zero-order chi connectivity index (χ0) is 20.8. The van der Waals surface area contributed by atoms with Crippen molar-refractivity contribution in [3.8, 4) is 31.2 Å². The molecule has 4 heterocycles. The number of thiazole rings is 2. The van der Waals surface area contributed by atoms with E-state index >= 15 is 0 Å². The Kier molecular flexibility index (Phi) is 7.00. The minimum absolute atomic E-state index is 0.718. The van der Waals surface area contributed by atoms with E-state index in [0.717, 1.165) is 94.4 Å². The summed E-state index contributed by atoms with van der Waals surface area (Å²) in [6.45, 7) is 1.44. The summed E-state index contributed by atoms with van der Waals surface area (Å²) >= 11 is 3.23. The largest absolute Gasteiger partial charge is 0.341 e. The Morgan fingerprint density at radius 1 is 0.633 bits per heavy atom. The third-order valence-corrected chi connectivity index (χ3v) is 6.92. The number of unbranched alkanes of at least 4 members (excludes halogenated alkanes) is 2. The fourth-order valence-corrected chi connectivity index (χ4v) is 4.89. The predicted molar refractivity (Wildman–Crippen MR) is 122 cm³/mol. The van der Waals surface area contributed by atoms with Crippen molar-refractivity contribution in [1.82, 2.24) is 29.9 Å². The molecule has 0 amide bonds. The molecule has 0 aliphatic heterocycles. The first-order valence-electron chi connectivity index (χ1n) is 10.2. The lowest BCUT2D eigenvalue weighted by atomic mass is 10.2. The first-order valence-corrected chi connectivity index (χ1v) is 11.8. The lowest BCUT2D eigenvalue weighted by Gasteiger charge is -1.95. The number of hydrogen-bond acceptors (Lipinski definition) is 8. The van der Waals surface area contributed by atoms with Crippen LogP contribution in [0.5, 0.6) is 0 Å². The number of hydrogen-bond donors (Lipinski definition) is 4. The highest BCUT2D eigenvalue weighted by atomic mass is 32.1. The van der Waals surface area contributed by atoms with Crippen molar-refractivity contribution in [3.05, 3.63) is 36.4 Å². The molecule has 0 unspecified atom stereocenters. The van der Waals surface area contributed by atoms with Crippen molar-refractivity contribution in [2.75, 3.05) is 13.1 Å². The Hall–Kier alpha value is -2.40. The highest BCUT2D eigenvalue weighted by Gasteiger charge is 2.14. The number of imidazole rings is 2. The van der Waals surface area contributed by atoms with Crippen LogP contribution in [-0.4, -0.2) is 43.0 Å². The molecule has 158 valence electrons. The second-order valence-electron chi connectivity index (χ2n) is 7.04. The molecular weight excluding hydrogens is 416 g/mol. The van der Waals surface area contributed by atoms with Crippen molar-refractivity contribution in [2.24, 2.45) is 11.5 Å². The summed E-state index contributed by atoms with van der Waals surface area (Å²) in [5.41, 5.74) is 13.1. The Morgan fingerprint density at radius 2 is 1.10 bits per heavy atom. The molecule has 0 aliphatic rings. The van der Waals surface area contributed by atoms with Crippen LogP contribution in [-0.2, 0) is 12.8 Å². The van der Waals surface area contributed by atoms with Crippen molar-refractivity contribution in [1.29, 1.82) is 0 Å². The molecule has 4 aromatic heterocycles. The summed E-state index contributed by atoms with van der Waals surface area (Å²) in [5, 5.41) is 1.81. The molecule has 0 saturated carbocycles. The van der Waals surface area contributed by atoms with Gasteiger partial charge in [0.25, 0.3) is 0 Å². The Balaban J connectivity index is 1.43. The fourth-order valence-electron chi connectivity index (χ4n) is 3.10. The molecule has 0 atom stereocenters. The predicted octanol–water partition coefficient (Wildman–Crippen LogP) is 3.61. The summed E-state index contributed by atoms with van der Waals surface area (Å²) in [6.07, 6.45) is 13.4. The number of rotatable bonds is 11. The van der Waals surface area contributed by atoms with Gasteiger partial charge >= 0.3 is 0 Å². The lowest BCUT2D eigenvalue weighted by Crippen LogP contribution is -1.99. The highest BCUT2D eigenvalue weighted by Crippen LogP contribution is 2.36. The van der Waals surface area contributed by atoms with Crippen molar-refractivity contribution >= 4 is 22.7 Å². The second-order valence-corrected chi connectivity index (χ2v) is 9.10. The van der Waals surface area contributed by atoms with Crippen molar-refractivity contribution < 1.29 is 0 Å². The van der Waals surface area contributed by atoms with E-state index in [9.17, 15) is 0 Å². The lowest BCUT2D eigenvalue weighted by molar-refractivity contribution is 0.723. The molecule has 30 heavy (non-hydrogen) atoms. The molecule has 4 aromatic rings. The van der Waals surface area contributed by atoms with Gasteiger partial charge in [0, 0.05) is 25.2 Å². The Bertz CT molecular complexity index is 976. The van der Waals surface area contributed by atoms with Gasteiger partial charge < -0.3 is 21.4 Å². The molecule has 0 fully saturated rings. The molecule has 0 spiro atoms.